The van der Waals surface area contributed by atoms with Crippen LogP contribution in [0.1, 0.15) is 29.9 Å². The van der Waals surface area contributed by atoms with Crippen LogP contribution >= 0.6 is 11.3 Å². The van der Waals surface area contributed by atoms with Crippen molar-refractivity contribution in [3.05, 3.63) is 52.2 Å². The summed E-state index contributed by atoms with van der Waals surface area (Å²) in [5.41, 5.74) is -0.194. The van der Waals surface area contributed by atoms with Crippen LogP contribution in [0.3, 0.4) is 0 Å². The summed E-state index contributed by atoms with van der Waals surface area (Å²) >= 11 is 1.28. The number of fused-ring (bicyclic) bond motifs is 2. The van der Waals surface area contributed by atoms with Crippen LogP contribution in [0.25, 0.3) is 5.78 Å². The fourth-order valence-electron chi connectivity index (χ4n) is 2.60. The number of hydrogen-bond donors (Lipinski definition) is 0. The quantitative estimate of drug-likeness (QED) is 0.689. The fourth-order valence-corrected chi connectivity index (χ4v) is 3.54. The van der Waals surface area contributed by atoms with Crippen LogP contribution in [0.5, 0.6) is 0 Å². The van der Waals surface area contributed by atoms with Crippen LogP contribution in [-0.2, 0) is 5.92 Å². The van der Waals surface area contributed by atoms with Gasteiger partial charge in [0.15, 0.2) is 0 Å². The van der Waals surface area contributed by atoms with E-state index in [-0.39, 0.29) is 5.56 Å². The van der Waals surface area contributed by atoms with Crippen molar-refractivity contribution >= 4 is 22.8 Å². The number of halogens is 2. The van der Waals surface area contributed by atoms with E-state index >= 15 is 0 Å². The zero-order valence-electron chi connectivity index (χ0n) is 11.9. The highest BCUT2D eigenvalue weighted by Crippen LogP contribution is 2.48. The maximum atomic E-state index is 14.6. The molecule has 4 heterocycles. The molecule has 112 valence electrons. The Labute approximate surface area is 129 Å². The third-order valence-corrected chi connectivity index (χ3v) is 4.82. The molecule has 0 aliphatic carbocycles. The van der Waals surface area contributed by atoms with Crippen molar-refractivity contribution in [3.63, 3.8) is 0 Å². The topological polar surface area (TPSA) is 42.5 Å². The standard InChI is InChI=1S/C15H12F2N4S/c1-14(2)15(16,17)10-3-6-22-12(10)11(20-14)9-7-19-13-18-4-5-21(13)8-9/h3-8H,1-2H3. The lowest BCUT2D eigenvalue weighted by molar-refractivity contribution is -0.0677. The predicted octanol–water partition coefficient (Wildman–Crippen LogP) is 3.51. The predicted molar refractivity (Wildman–Crippen MR) is 80.9 cm³/mol. The molecule has 3 aromatic rings. The Morgan fingerprint density at radius 3 is 2.86 bits per heavy atom. The first-order valence-corrected chi connectivity index (χ1v) is 7.63. The maximum Gasteiger partial charge on any atom is 0.298 e. The van der Waals surface area contributed by atoms with Gasteiger partial charge in [-0.3, -0.25) is 9.39 Å². The monoisotopic (exact) mass is 318 g/mol. The van der Waals surface area contributed by atoms with Gasteiger partial charge in [-0.15, -0.1) is 11.3 Å². The summed E-state index contributed by atoms with van der Waals surface area (Å²) in [6, 6.07) is 1.49. The average molecular weight is 318 g/mol. The van der Waals surface area contributed by atoms with Gasteiger partial charge in [-0.05, 0) is 25.3 Å². The molecule has 3 aromatic heterocycles. The first-order valence-electron chi connectivity index (χ1n) is 6.75. The van der Waals surface area contributed by atoms with Crippen LogP contribution in [0, 0.1) is 0 Å². The average Bonchev–Trinajstić information content (AvgIpc) is 3.11. The molecule has 0 atom stereocenters. The SMILES string of the molecule is CC1(C)N=C(c2cnc3nccn3c2)c2sccc2C1(F)F. The van der Waals surface area contributed by atoms with Crippen LogP contribution < -0.4 is 0 Å². The molecular formula is C15H12F2N4S. The Hall–Kier alpha value is -2.15. The maximum absolute atomic E-state index is 14.6. The molecule has 1 aliphatic rings. The van der Waals surface area contributed by atoms with E-state index in [9.17, 15) is 8.78 Å². The molecule has 4 nitrogen and oxygen atoms in total. The molecule has 7 heteroatoms. The molecule has 0 unspecified atom stereocenters. The lowest BCUT2D eigenvalue weighted by Gasteiger charge is -2.35. The lowest BCUT2D eigenvalue weighted by atomic mass is 9.86. The third-order valence-electron chi connectivity index (χ3n) is 3.90. The second kappa shape index (κ2) is 4.19. The van der Waals surface area contributed by atoms with Crippen molar-refractivity contribution in [2.45, 2.75) is 25.3 Å². The molecule has 0 N–H and O–H groups in total. The van der Waals surface area contributed by atoms with Gasteiger partial charge < -0.3 is 0 Å². The summed E-state index contributed by atoms with van der Waals surface area (Å²) in [5.74, 6) is -2.42. The van der Waals surface area contributed by atoms with E-state index in [1.807, 2.05) is 6.20 Å². The second-order valence-electron chi connectivity index (χ2n) is 5.73. The highest BCUT2D eigenvalue weighted by atomic mass is 32.1. The Bertz CT molecular complexity index is 907. The minimum Gasteiger partial charge on any atom is -0.291 e. The van der Waals surface area contributed by atoms with Gasteiger partial charge in [-0.2, -0.15) is 8.78 Å². The second-order valence-corrected chi connectivity index (χ2v) is 6.65. The van der Waals surface area contributed by atoms with Crippen molar-refractivity contribution in [1.29, 1.82) is 0 Å². The molecule has 0 saturated heterocycles. The van der Waals surface area contributed by atoms with Gasteiger partial charge in [0.1, 0.15) is 5.54 Å². The van der Waals surface area contributed by atoms with Crippen molar-refractivity contribution < 1.29 is 8.78 Å². The van der Waals surface area contributed by atoms with Gasteiger partial charge >= 0.3 is 0 Å². The normalized spacial score (nSPS) is 19.0. The molecule has 0 saturated carbocycles. The van der Waals surface area contributed by atoms with Crippen LogP contribution in [0.4, 0.5) is 8.78 Å². The largest absolute Gasteiger partial charge is 0.298 e. The summed E-state index contributed by atoms with van der Waals surface area (Å²) in [6.07, 6.45) is 6.86. The molecule has 0 amide bonds. The molecule has 0 bridgehead atoms. The zero-order chi connectivity index (χ0) is 15.5. The number of imidazole rings is 1. The minimum absolute atomic E-state index is 0.0400. The van der Waals surface area contributed by atoms with Crippen molar-refractivity contribution in [1.82, 2.24) is 14.4 Å². The summed E-state index contributed by atoms with van der Waals surface area (Å²) in [4.78, 5) is 13.2. The van der Waals surface area contributed by atoms with Crippen LogP contribution in [-0.4, -0.2) is 25.6 Å². The van der Waals surface area contributed by atoms with E-state index in [1.54, 1.807) is 28.4 Å². The molecule has 0 aromatic carbocycles. The molecular weight excluding hydrogens is 306 g/mol. The summed E-state index contributed by atoms with van der Waals surface area (Å²) in [5, 5.41) is 1.68. The molecule has 0 radical (unpaired) electrons. The Morgan fingerprint density at radius 2 is 2.05 bits per heavy atom. The Balaban J connectivity index is 1.96. The third kappa shape index (κ3) is 1.68. The number of nitrogens with zero attached hydrogens (tertiary/aromatic N) is 4. The van der Waals surface area contributed by atoms with E-state index in [4.69, 9.17) is 0 Å². The minimum atomic E-state index is -2.99. The van der Waals surface area contributed by atoms with E-state index in [2.05, 4.69) is 15.0 Å². The van der Waals surface area contributed by atoms with E-state index in [0.717, 1.165) is 0 Å². The molecule has 1 aliphatic heterocycles. The number of aliphatic imine (C=N–C) groups is 1. The van der Waals surface area contributed by atoms with Gasteiger partial charge in [0.25, 0.3) is 5.92 Å². The summed E-state index contributed by atoms with van der Waals surface area (Å²) < 4.78 is 30.9. The molecule has 0 spiro atoms. The molecule has 0 fully saturated rings. The van der Waals surface area contributed by atoms with E-state index in [0.29, 0.717) is 21.9 Å². The summed E-state index contributed by atoms with van der Waals surface area (Å²) in [6.45, 7) is 2.91. The van der Waals surface area contributed by atoms with Crippen molar-refractivity contribution in [2.75, 3.05) is 0 Å². The Morgan fingerprint density at radius 1 is 1.23 bits per heavy atom. The highest BCUT2D eigenvalue weighted by molar-refractivity contribution is 7.12. The number of rotatable bonds is 1. The first kappa shape index (κ1) is 13.5. The van der Waals surface area contributed by atoms with Gasteiger partial charge in [0.2, 0.25) is 5.78 Å². The lowest BCUT2D eigenvalue weighted by Crippen LogP contribution is -2.43. The Kier molecular flexibility index (Phi) is 2.57. The number of thiophene rings is 1. The van der Waals surface area contributed by atoms with Gasteiger partial charge in [0.05, 0.1) is 10.6 Å². The van der Waals surface area contributed by atoms with Crippen molar-refractivity contribution in [3.8, 4) is 0 Å². The van der Waals surface area contributed by atoms with Gasteiger partial charge in [0, 0.05) is 35.9 Å². The molecule has 4 rings (SSSR count). The van der Waals surface area contributed by atoms with E-state index < -0.39 is 11.5 Å². The van der Waals surface area contributed by atoms with Gasteiger partial charge in [-0.1, -0.05) is 0 Å². The highest BCUT2D eigenvalue weighted by Gasteiger charge is 2.53. The van der Waals surface area contributed by atoms with Crippen molar-refractivity contribution in [2.24, 2.45) is 4.99 Å². The van der Waals surface area contributed by atoms with E-state index in [1.165, 1.54) is 31.3 Å². The number of aromatic nitrogens is 3. The number of hydrogen-bond acceptors (Lipinski definition) is 4. The first-order chi connectivity index (χ1) is 10.4. The van der Waals surface area contributed by atoms with Gasteiger partial charge in [-0.25, -0.2) is 9.97 Å². The smallest absolute Gasteiger partial charge is 0.291 e. The summed E-state index contributed by atoms with van der Waals surface area (Å²) in [7, 11) is 0. The van der Waals surface area contributed by atoms with Crippen LogP contribution in [0.15, 0.2) is 41.2 Å². The molecule has 22 heavy (non-hydrogen) atoms. The number of alkyl halides is 2. The fraction of sp³-hybridized carbons (Fsp3) is 0.267. The van der Waals surface area contributed by atoms with Crippen LogP contribution in [0.2, 0.25) is 0 Å². The zero-order valence-corrected chi connectivity index (χ0v) is 12.7.